The molecule has 0 N–H and O–H groups in total. The number of ether oxygens (including phenoxy) is 1. The van der Waals surface area contributed by atoms with Crippen molar-refractivity contribution in [3.05, 3.63) is 30.0 Å². The predicted octanol–water partition coefficient (Wildman–Crippen LogP) is 2.06. The van der Waals surface area contributed by atoms with Crippen molar-refractivity contribution in [3.63, 3.8) is 0 Å². The first-order valence-electron chi connectivity index (χ1n) is 4.74. The normalized spacial score (nSPS) is 11.8. The largest absolute Gasteiger partial charge is 0.494 e. The molecule has 2 radical (unpaired) electrons. The van der Waals surface area contributed by atoms with Crippen LogP contribution < -0.4 is 10.2 Å². The second kappa shape index (κ2) is 3.94. The first-order valence-corrected chi connectivity index (χ1v) is 4.74. The number of benzene rings is 1. The number of nitrogens with zero attached hydrogens (tertiary/aromatic N) is 1. The molecule has 0 saturated carbocycles. The highest BCUT2D eigenvalue weighted by atomic mass is 19.4. The lowest BCUT2D eigenvalue weighted by Crippen LogP contribution is -2.11. The number of halogens is 3. The van der Waals surface area contributed by atoms with E-state index < -0.39 is 11.9 Å². The van der Waals surface area contributed by atoms with E-state index in [0.29, 0.717) is 10.8 Å². The topological polar surface area (TPSA) is 22.1 Å². The molecular weight excluding hydrogens is 230 g/mol. The van der Waals surface area contributed by atoms with Gasteiger partial charge in [0.1, 0.15) is 24.8 Å². The van der Waals surface area contributed by atoms with Crippen LogP contribution in [0, 0.1) is 0 Å². The van der Waals surface area contributed by atoms with E-state index in [1.165, 1.54) is 19.2 Å². The molecule has 86 valence electrons. The van der Waals surface area contributed by atoms with Crippen LogP contribution >= 0.6 is 0 Å². The maximum absolute atomic E-state index is 12.5. The average molecular weight is 237 g/mol. The quantitative estimate of drug-likeness (QED) is 0.708. The van der Waals surface area contributed by atoms with Gasteiger partial charge in [0, 0.05) is 0 Å². The van der Waals surface area contributed by atoms with Crippen molar-refractivity contribution < 1.29 is 17.9 Å². The molecule has 0 aliphatic rings. The van der Waals surface area contributed by atoms with Crippen LogP contribution in [0.15, 0.2) is 24.3 Å². The zero-order valence-electron chi connectivity index (χ0n) is 8.88. The summed E-state index contributed by atoms with van der Waals surface area (Å²) < 4.78 is 42.5. The summed E-state index contributed by atoms with van der Waals surface area (Å²) in [6.45, 7) is 0. The maximum Gasteiger partial charge on any atom is 0.433 e. The van der Waals surface area contributed by atoms with Gasteiger partial charge in [0.15, 0.2) is 0 Å². The molecule has 1 heterocycles. The predicted molar refractivity (Wildman–Crippen MR) is 58.7 cm³/mol. The fraction of sp³-hybridized carbons (Fsp3) is 0.182. The number of rotatable bonds is 1. The Bertz CT molecular complexity index is 568. The molecular formula is C11H7BF3NO. The third kappa shape index (κ3) is 2.07. The second-order valence-electron chi connectivity index (χ2n) is 3.45. The van der Waals surface area contributed by atoms with Crippen molar-refractivity contribution in [2.24, 2.45) is 0 Å². The van der Waals surface area contributed by atoms with E-state index in [0.717, 1.165) is 6.07 Å². The zero-order valence-corrected chi connectivity index (χ0v) is 8.88. The van der Waals surface area contributed by atoms with E-state index in [-0.39, 0.29) is 11.3 Å². The lowest BCUT2D eigenvalue weighted by atomic mass is 9.91. The Morgan fingerprint density at radius 3 is 2.47 bits per heavy atom. The van der Waals surface area contributed by atoms with E-state index in [2.05, 4.69) is 4.98 Å². The number of alkyl halides is 3. The van der Waals surface area contributed by atoms with E-state index in [1.54, 1.807) is 6.07 Å². The fourth-order valence-corrected chi connectivity index (χ4v) is 1.54. The third-order valence-corrected chi connectivity index (χ3v) is 2.36. The number of fused-ring (bicyclic) bond motifs is 1. The highest BCUT2D eigenvalue weighted by Crippen LogP contribution is 2.30. The van der Waals surface area contributed by atoms with Crippen LogP contribution in [0.5, 0.6) is 5.75 Å². The second-order valence-corrected chi connectivity index (χ2v) is 3.45. The van der Waals surface area contributed by atoms with Crippen LogP contribution in [0.2, 0.25) is 0 Å². The Labute approximate surface area is 96.8 Å². The van der Waals surface area contributed by atoms with Crippen molar-refractivity contribution in [3.8, 4) is 5.75 Å². The van der Waals surface area contributed by atoms with E-state index in [9.17, 15) is 13.2 Å². The van der Waals surface area contributed by atoms with E-state index >= 15 is 0 Å². The van der Waals surface area contributed by atoms with E-state index in [1.807, 2.05) is 0 Å². The molecule has 0 aliphatic carbocycles. The summed E-state index contributed by atoms with van der Waals surface area (Å²) in [6, 6.07) is 5.25. The molecule has 0 aliphatic heterocycles. The molecule has 0 fully saturated rings. The van der Waals surface area contributed by atoms with Gasteiger partial charge in [0.05, 0.1) is 7.11 Å². The highest BCUT2D eigenvalue weighted by molar-refractivity contribution is 6.38. The molecule has 2 rings (SSSR count). The molecule has 0 saturated heterocycles. The first-order chi connectivity index (χ1) is 7.93. The lowest BCUT2D eigenvalue weighted by molar-refractivity contribution is -0.140. The van der Waals surface area contributed by atoms with Crippen molar-refractivity contribution in [2.45, 2.75) is 6.18 Å². The average Bonchev–Trinajstić information content (AvgIpc) is 2.28. The van der Waals surface area contributed by atoms with Gasteiger partial charge in [0.25, 0.3) is 0 Å². The Balaban J connectivity index is 2.75. The van der Waals surface area contributed by atoms with Gasteiger partial charge in [-0.25, -0.2) is 4.98 Å². The van der Waals surface area contributed by atoms with Crippen LogP contribution in [0.25, 0.3) is 10.9 Å². The van der Waals surface area contributed by atoms with Crippen LogP contribution in [0.4, 0.5) is 13.2 Å². The van der Waals surface area contributed by atoms with Gasteiger partial charge in [-0.2, -0.15) is 13.2 Å². The Hall–Kier alpha value is -1.72. The molecule has 0 amide bonds. The third-order valence-electron chi connectivity index (χ3n) is 2.36. The van der Waals surface area contributed by atoms with Gasteiger partial charge in [-0.1, -0.05) is 17.6 Å². The molecule has 0 unspecified atom stereocenters. The maximum atomic E-state index is 12.5. The number of methoxy groups -OCH3 is 1. The minimum atomic E-state index is -4.48. The summed E-state index contributed by atoms with van der Waals surface area (Å²) in [7, 11) is 7.03. The van der Waals surface area contributed by atoms with Crippen LogP contribution in [-0.4, -0.2) is 19.9 Å². The smallest absolute Gasteiger partial charge is 0.433 e. The summed E-state index contributed by atoms with van der Waals surface area (Å²) in [5.41, 5.74) is -0.488. The van der Waals surface area contributed by atoms with Crippen LogP contribution in [0.1, 0.15) is 5.69 Å². The van der Waals surface area contributed by atoms with Gasteiger partial charge < -0.3 is 4.74 Å². The van der Waals surface area contributed by atoms with Crippen molar-refractivity contribution in [1.82, 2.24) is 4.98 Å². The molecule has 2 aromatic rings. The van der Waals surface area contributed by atoms with Crippen molar-refractivity contribution >= 4 is 24.2 Å². The molecule has 1 aromatic carbocycles. The summed E-state index contributed by atoms with van der Waals surface area (Å²) in [5.74, 6) is 0.264. The molecule has 2 nitrogen and oxygen atoms in total. The van der Waals surface area contributed by atoms with Gasteiger partial charge in [-0.15, -0.1) is 0 Å². The Kier molecular flexibility index (Phi) is 2.73. The van der Waals surface area contributed by atoms with Gasteiger partial charge in [0.2, 0.25) is 0 Å². The first kappa shape index (κ1) is 11.8. The molecule has 17 heavy (non-hydrogen) atoms. The summed E-state index contributed by atoms with van der Waals surface area (Å²) in [5, 5.41) is 0.442. The summed E-state index contributed by atoms with van der Waals surface area (Å²) in [6.07, 6.45) is -4.48. The number of aromatic nitrogens is 1. The van der Waals surface area contributed by atoms with Crippen molar-refractivity contribution in [1.29, 1.82) is 0 Å². The lowest BCUT2D eigenvalue weighted by Gasteiger charge is -2.10. The zero-order chi connectivity index (χ0) is 12.6. The Morgan fingerprint density at radius 1 is 1.18 bits per heavy atom. The minimum absolute atomic E-state index is 0.113. The van der Waals surface area contributed by atoms with Gasteiger partial charge >= 0.3 is 6.18 Å². The number of hydrogen-bond donors (Lipinski definition) is 0. The monoisotopic (exact) mass is 237 g/mol. The summed E-state index contributed by atoms with van der Waals surface area (Å²) >= 11 is 0. The minimum Gasteiger partial charge on any atom is -0.494 e. The van der Waals surface area contributed by atoms with Crippen LogP contribution in [-0.2, 0) is 6.18 Å². The molecule has 0 atom stereocenters. The standard InChI is InChI=1S/C11H7BF3NO/c1-17-8-4-3-7(12)6-2-5-9(11(13,14)15)16-10(6)8/h2-5H,1H3. The van der Waals surface area contributed by atoms with Gasteiger partial charge in [-0.05, 0) is 17.5 Å². The van der Waals surface area contributed by atoms with Gasteiger partial charge in [-0.3, -0.25) is 0 Å². The van der Waals surface area contributed by atoms with Crippen molar-refractivity contribution in [2.75, 3.05) is 7.11 Å². The SMILES string of the molecule is [B]c1ccc(OC)c2nc(C(F)(F)F)ccc12. The molecule has 6 heteroatoms. The van der Waals surface area contributed by atoms with E-state index in [4.69, 9.17) is 12.6 Å². The Morgan fingerprint density at radius 2 is 1.88 bits per heavy atom. The fourth-order valence-electron chi connectivity index (χ4n) is 1.54. The molecule has 0 spiro atoms. The van der Waals surface area contributed by atoms with Crippen LogP contribution in [0.3, 0.4) is 0 Å². The number of pyridine rings is 1. The highest BCUT2D eigenvalue weighted by Gasteiger charge is 2.32. The molecule has 0 bridgehead atoms. The summed E-state index contributed by atoms with van der Waals surface area (Å²) in [4.78, 5) is 3.55. The number of hydrogen-bond acceptors (Lipinski definition) is 2. The molecule has 1 aromatic heterocycles.